The first-order chi connectivity index (χ1) is 9.77. The Hall–Kier alpha value is -1.35. The van der Waals surface area contributed by atoms with Crippen molar-refractivity contribution in [3.63, 3.8) is 0 Å². The van der Waals surface area contributed by atoms with Gasteiger partial charge in [0.1, 0.15) is 6.04 Å². The van der Waals surface area contributed by atoms with Crippen molar-refractivity contribution >= 4 is 5.97 Å². The van der Waals surface area contributed by atoms with Crippen LogP contribution in [0.5, 0.6) is 0 Å². The molecule has 1 radical (unpaired) electrons. The third-order valence-electron chi connectivity index (χ3n) is 3.98. The van der Waals surface area contributed by atoms with Crippen LogP contribution in [0.3, 0.4) is 0 Å². The van der Waals surface area contributed by atoms with E-state index in [4.69, 9.17) is 10.5 Å². The van der Waals surface area contributed by atoms with E-state index in [0.29, 0.717) is 6.61 Å². The topological polar surface area (TPSA) is 52.3 Å². The summed E-state index contributed by atoms with van der Waals surface area (Å²) in [6.07, 6.45) is 8.43. The second kappa shape index (κ2) is 8.05. The average molecular weight is 274 g/mol. The standard InChI is InChI=1S/C17H24NO2/c18-16(15-10-6-1-2-7-11-15)17(19)20-13-12-14-8-4-3-5-9-14/h1,3-5,8-9,15-16H,2,6-7,10-13,18H2. The van der Waals surface area contributed by atoms with Crippen molar-refractivity contribution in [3.8, 4) is 0 Å². The van der Waals surface area contributed by atoms with Gasteiger partial charge in [0.25, 0.3) is 0 Å². The lowest BCUT2D eigenvalue weighted by Gasteiger charge is -2.20. The van der Waals surface area contributed by atoms with Crippen molar-refractivity contribution in [1.82, 2.24) is 0 Å². The van der Waals surface area contributed by atoms with Gasteiger partial charge in [-0.1, -0.05) is 43.2 Å². The lowest BCUT2D eigenvalue weighted by atomic mass is 9.92. The normalized spacial score (nSPS) is 18.2. The summed E-state index contributed by atoms with van der Waals surface area (Å²) in [6.45, 7) is 0.412. The van der Waals surface area contributed by atoms with Gasteiger partial charge in [0.15, 0.2) is 0 Å². The summed E-state index contributed by atoms with van der Waals surface area (Å²) in [5.41, 5.74) is 7.23. The number of nitrogens with two attached hydrogens (primary N) is 1. The molecule has 3 heteroatoms. The predicted octanol–water partition coefficient (Wildman–Crippen LogP) is 2.88. The zero-order chi connectivity index (χ0) is 14.2. The number of esters is 1. The minimum absolute atomic E-state index is 0.243. The molecule has 1 aromatic carbocycles. The molecule has 3 nitrogen and oxygen atoms in total. The molecule has 1 fully saturated rings. The van der Waals surface area contributed by atoms with Crippen LogP contribution in [0.4, 0.5) is 0 Å². The molecule has 0 spiro atoms. The van der Waals surface area contributed by atoms with Crippen LogP contribution in [0.1, 0.15) is 37.7 Å². The molecule has 0 aromatic heterocycles. The van der Waals surface area contributed by atoms with E-state index in [0.717, 1.165) is 38.5 Å². The van der Waals surface area contributed by atoms with Crippen LogP contribution in [0, 0.1) is 12.3 Å². The number of ether oxygens (including phenoxy) is 1. The Bertz CT molecular complexity index is 397. The summed E-state index contributed by atoms with van der Waals surface area (Å²) in [4.78, 5) is 12.0. The van der Waals surface area contributed by atoms with Gasteiger partial charge in [-0.05, 0) is 37.2 Å². The van der Waals surface area contributed by atoms with Gasteiger partial charge in [0.2, 0.25) is 0 Å². The molecule has 2 unspecified atom stereocenters. The molecule has 1 saturated carbocycles. The monoisotopic (exact) mass is 274 g/mol. The molecule has 0 amide bonds. The Balaban J connectivity index is 1.73. The number of hydrogen-bond donors (Lipinski definition) is 1. The number of carbonyl (C=O) groups excluding carboxylic acids is 1. The van der Waals surface area contributed by atoms with E-state index in [1.54, 1.807) is 0 Å². The fraction of sp³-hybridized carbons (Fsp3) is 0.529. The Kier molecular flexibility index (Phi) is 6.06. The van der Waals surface area contributed by atoms with E-state index >= 15 is 0 Å². The summed E-state index contributed by atoms with van der Waals surface area (Å²) in [5.74, 6) is 0.0332. The Morgan fingerprint density at radius 3 is 2.85 bits per heavy atom. The highest BCUT2D eigenvalue weighted by molar-refractivity contribution is 5.75. The van der Waals surface area contributed by atoms with E-state index in [1.165, 1.54) is 5.56 Å². The number of benzene rings is 1. The lowest BCUT2D eigenvalue weighted by molar-refractivity contribution is -0.146. The van der Waals surface area contributed by atoms with Crippen molar-refractivity contribution in [1.29, 1.82) is 0 Å². The van der Waals surface area contributed by atoms with E-state index in [1.807, 2.05) is 30.3 Å². The van der Waals surface area contributed by atoms with E-state index in [2.05, 4.69) is 6.42 Å². The molecule has 0 bridgehead atoms. The van der Waals surface area contributed by atoms with Crippen LogP contribution in [-0.2, 0) is 16.0 Å². The molecular weight excluding hydrogens is 250 g/mol. The van der Waals surface area contributed by atoms with Gasteiger partial charge in [-0.15, -0.1) is 0 Å². The second-order valence-corrected chi connectivity index (χ2v) is 5.49. The van der Waals surface area contributed by atoms with Gasteiger partial charge in [-0.25, -0.2) is 0 Å². The maximum absolute atomic E-state index is 12.0. The van der Waals surface area contributed by atoms with Gasteiger partial charge in [0, 0.05) is 6.42 Å². The molecule has 2 atom stereocenters. The number of rotatable bonds is 5. The molecule has 0 saturated heterocycles. The SMILES string of the molecule is NC(C(=O)OCCc1ccccc1)C1CC[CH]CCC1. The molecule has 1 aromatic rings. The maximum atomic E-state index is 12.0. The fourth-order valence-electron chi connectivity index (χ4n) is 2.71. The molecule has 0 aliphatic heterocycles. The second-order valence-electron chi connectivity index (χ2n) is 5.49. The summed E-state index contributed by atoms with van der Waals surface area (Å²) < 4.78 is 5.33. The molecule has 2 N–H and O–H groups in total. The highest BCUT2D eigenvalue weighted by atomic mass is 16.5. The predicted molar refractivity (Wildman–Crippen MR) is 80.0 cm³/mol. The summed E-state index contributed by atoms with van der Waals surface area (Å²) in [7, 11) is 0. The number of hydrogen-bond acceptors (Lipinski definition) is 3. The minimum Gasteiger partial charge on any atom is -0.464 e. The van der Waals surface area contributed by atoms with Crippen molar-refractivity contribution in [3.05, 3.63) is 42.3 Å². The summed E-state index contributed by atoms with van der Waals surface area (Å²) >= 11 is 0. The third-order valence-corrected chi connectivity index (χ3v) is 3.98. The fourth-order valence-corrected chi connectivity index (χ4v) is 2.71. The largest absolute Gasteiger partial charge is 0.464 e. The summed E-state index contributed by atoms with van der Waals surface area (Å²) in [5, 5.41) is 0. The van der Waals surface area contributed by atoms with Crippen LogP contribution in [0.2, 0.25) is 0 Å². The van der Waals surface area contributed by atoms with Gasteiger partial charge < -0.3 is 10.5 Å². The zero-order valence-corrected chi connectivity index (χ0v) is 12.0. The van der Waals surface area contributed by atoms with E-state index in [9.17, 15) is 4.79 Å². The molecule has 2 rings (SSSR count). The van der Waals surface area contributed by atoms with Crippen LogP contribution in [0.15, 0.2) is 30.3 Å². The van der Waals surface area contributed by atoms with Crippen LogP contribution >= 0.6 is 0 Å². The first-order valence-corrected chi connectivity index (χ1v) is 7.55. The van der Waals surface area contributed by atoms with Crippen molar-refractivity contribution in [2.45, 2.75) is 44.6 Å². The van der Waals surface area contributed by atoms with Gasteiger partial charge in [0.05, 0.1) is 6.61 Å². The van der Waals surface area contributed by atoms with Crippen LogP contribution in [0.25, 0.3) is 0 Å². The first-order valence-electron chi connectivity index (χ1n) is 7.55. The third kappa shape index (κ3) is 4.64. The molecule has 0 heterocycles. The van der Waals surface area contributed by atoms with E-state index in [-0.39, 0.29) is 11.9 Å². The Morgan fingerprint density at radius 1 is 1.25 bits per heavy atom. The van der Waals surface area contributed by atoms with Gasteiger partial charge in [-0.3, -0.25) is 4.79 Å². The van der Waals surface area contributed by atoms with Crippen LogP contribution in [-0.4, -0.2) is 18.6 Å². The minimum atomic E-state index is -0.461. The van der Waals surface area contributed by atoms with Crippen LogP contribution < -0.4 is 5.73 Å². The maximum Gasteiger partial charge on any atom is 0.323 e. The Labute approximate surface area is 121 Å². The molecule has 20 heavy (non-hydrogen) atoms. The zero-order valence-electron chi connectivity index (χ0n) is 12.0. The van der Waals surface area contributed by atoms with E-state index < -0.39 is 6.04 Å². The summed E-state index contributed by atoms with van der Waals surface area (Å²) in [6, 6.07) is 9.57. The molecule has 1 aliphatic rings. The smallest absolute Gasteiger partial charge is 0.323 e. The average Bonchev–Trinajstić information content (AvgIpc) is 2.76. The van der Waals surface area contributed by atoms with Gasteiger partial charge >= 0.3 is 5.97 Å². The quantitative estimate of drug-likeness (QED) is 0.663. The van der Waals surface area contributed by atoms with Gasteiger partial charge in [-0.2, -0.15) is 0 Å². The first kappa shape index (κ1) is 15.0. The van der Waals surface area contributed by atoms with Crippen molar-refractivity contribution in [2.24, 2.45) is 11.7 Å². The molecular formula is C17H24NO2. The highest BCUT2D eigenvalue weighted by Crippen LogP contribution is 2.24. The lowest BCUT2D eigenvalue weighted by Crippen LogP contribution is -2.39. The van der Waals surface area contributed by atoms with Crippen molar-refractivity contribution < 1.29 is 9.53 Å². The Morgan fingerprint density at radius 2 is 2.05 bits per heavy atom. The number of carbonyl (C=O) groups is 1. The molecule has 1 aliphatic carbocycles. The van der Waals surface area contributed by atoms with Crippen molar-refractivity contribution in [2.75, 3.05) is 6.61 Å². The highest BCUT2D eigenvalue weighted by Gasteiger charge is 2.26. The molecule has 109 valence electrons.